The van der Waals surface area contributed by atoms with E-state index in [1.54, 1.807) is 20.8 Å². The fourth-order valence-corrected chi connectivity index (χ4v) is 1.82. The number of amides is 1. The molecule has 1 saturated heterocycles. The summed E-state index contributed by atoms with van der Waals surface area (Å²) in [5.41, 5.74) is -0.738. The van der Waals surface area contributed by atoms with Crippen LogP contribution in [0.1, 0.15) is 27.2 Å². The molecule has 4 unspecified atom stereocenters. The summed E-state index contributed by atoms with van der Waals surface area (Å²) in [7, 11) is 0. The van der Waals surface area contributed by atoms with Crippen molar-refractivity contribution in [2.75, 3.05) is 6.61 Å². The van der Waals surface area contributed by atoms with Gasteiger partial charge in [0.25, 0.3) is 0 Å². The number of ether oxygens (including phenoxy) is 2. The number of rotatable bonds is 4. The second-order valence-corrected chi connectivity index (χ2v) is 5.60. The van der Waals surface area contributed by atoms with Crippen molar-refractivity contribution in [1.29, 1.82) is 0 Å². The van der Waals surface area contributed by atoms with Crippen LogP contribution in [-0.4, -0.2) is 63.9 Å². The van der Waals surface area contributed by atoms with Crippen LogP contribution in [0.4, 0.5) is 4.79 Å². The van der Waals surface area contributed by atoms with E-state index in [1.807, 2.05) is 0 Å². The summed E-state index contributed by atoms with van der Waals surface area (Å²) in [6.45, 7) is 4.68. The van der Waals surface area contributed by atoms with Crippen molar-refractivity contribution in [3.05, 3.63) is 0 Å². The van der Waals surface area contributed by atoms with Gasteiger partial charge in [0.2, 0.25) is 0 Å². The van der Waals surface area contributed by atoms with Crippen molar-refractivity contribution >= 4 is 12.1 Å². The average molecular weight is 291 g/mol. The van der Waals surface area contributed by atoms with E-state index in [1.165, 1.54) is 0 Å². The molecule has 8 nitrogen and oxygen atoms in total. The van der Waals surface area contributed by atoms with Crippen molar-refractivity contribution in [2.45, 2.75) is 57.1 Å². The van der Waals surface area contributed by atoms with Gasteiger partial charge in [-0.3, -0.25) is 0 Å². The first-order valence-electron chi connectivity index (χ1n) is 6.32. The molecule has 0 aromatic heterocycles. The molecule has 0 radical (unpaired) electrons. The molecular weight excluding hydrogens is 270 g/mol. The van der Waals surface area contributed by atoms with Gasteiger partial charge in [0.15, 0.2) is 12.2 Å². The summed E-state index contributed by atoms with van der Waals surface area (Å²) in [6, 6.07) is -1.13. The maximum atomic E-state index is 11.7. The van der Waals surface area contributed by atoms with Gasteiger partial charge < -0.3 is 30.1 Å². The third kappa shape index (κ3) is 4.32. The summed E-state index contributed by atoms with van der Waals surface area (Å²) in [4.78, 5) is 23.0. The molecule has 20 heavy (non-hydrogen) atoms. The fraction of sp³-hybridized carbons (Fsp3) is 0.833. The normalized spacial score (nSPS) is 27.9. The molecule has 8 heteroatoms. The Morgan fingerprint density at radius 2 is 2.10 bits per heavy atom. The predicted octanol–water partition coefficient (Wildman–Crippen LogP) is -1.09. The standard InChI is InChI=1S/C12H21NO7/c1-12(2,3)20-11(18)13-7-8(16)10(17)19-9(7)6(15)4-5-14/h6-9,14-16H,4-5H2,1-3H3,(H,13,18). The lowest BCUT2D eigenvalue weighted by Crippen LogP contribution is -2.52. The van der Waals surface area contributed by atoms with E-state index in [-0.39, 0.29) is 13.0 Å². The minimum atomic E-state index is -1.58. The molecule has 1 aliphatic heterocycles. The van der Waals surface area contributed by atoms with Gasteiger partial charge in [-0.1, -0.05) is 0 Å². The molecule has 4 N–H and O–H groups in total. The van der Waals surface area contributed by atoms with Gasteiger partial charge in [0.05, 0.1) is 6.10 Å². The van der Waals surface area contributed by atoms with Crippen molar-refractivity contribution in [3.63, 3.8) is 0 Å². The van der Waals surface area contributed by atoms with Gasteiger partial charge in [-0.25, -0.2) is 9.59 Å². The number of esters is 1. The van der Waals surface area contributed by atoms with Crippen LogP contribution in [0.3, 0.4) is 0 Å². The third-order valence-electron chi connectivity index (χ3n) is 2.68. The van der Waals surface area contributed by atoms with Crippen LogP contribution in [0.15, 0.2) is 0 Å². The van der Waals surface area contributed by atoms with Gasteiger partial charge in [-0.05, 0) is 20.8 Å². The van der Waals surface area contributed by atoms with Crippen molar-refractivity contribution in [1.82, 2.24) is 5.32 Å². The molecule has 0 spiro atoms. The highest BCUT2D eigenvalue weighted by Gasteiger charge is 2.48. The van der Waals surface area contributed by atoms with Gasteiger partial charge >= 0.3 is 12.1 Å². The number of carbonyl (C=O) groups excluding carboxylic acids is 2. The molecular formula is C12H21NO7. The lowest BCUT2D eigenvalue weighted by atomic mass is 10.0. The van der Waals surface area contributed by atoms with E-state index in [4.69, 9.17) is 14.6 Å². The molecule has 1 heterocycles. The first kappa shape index (κ1) is 16.7. The number of aliphatic hydroxyl groups is 3. The Kier molecular flexibility index (Phi) is 5.32. The SMILES string of the molecule is CC(C)(C)OC(=O)NC1C(O)C(=O)OC1C(O)CCO. The molecule has 0 bridgehead atoms. The van der Waals surface area contributed by atoms with Crippen LogP contribution in [-0.2, 0) is 14.3 Å². The number of nitrogens with one attached hydrogen (secondary N) is 1. The number of aliphatic hydroxyl groups excluding tert-OH is 3. The second-order valence-electron chi connectivity index (χ2n) is 5.60. The van der Waals surface area contributed by atoms with E-state index in [2.05, 4.69) is 5.32 Å². The van der Waals surface area contributed by atoms with E-state index in [9.17, 15) is 19.8 Å². The summed E-state index contributed by atoms with van der Waals surface area (Å²) >= 11 is 0. The van der Waals surface area contributed by atoms with Gasteiger partial charge in [0, 0.05) is 13.0 Å². The molecule has 0 saturated carbocycles. The predicted molar refractivity (Wildman–Crippen MR) is 66.8 cm³/mol. The minimum absolute atomic E-state index is 0.0445. The van der Waals surface area contributed by atoms with Crippen LogP contribution >= 0.6 is 0 Å². The number of cyclic esters (lactones) is 1. The van der Waals surface area contributed by atoms with Crippen molar-refractivity contribution in [3.8, 4) is 0 Å². The molecule has 0 aliphatic carbocycles. The highest BCUT2D eigenvalue weighted by molar-refractivity contribution is 5.80. The Labute approximate surface area is 116 Å². The molecule has 4 atom stereocenters. The number of carbonyl (C=O) groups is 2. The first-order chi connectivity index (χ1) is 9.15. The second kappa shape index (κ2) is 6.38. The monoisotopic (exact) mass is 291 g/mol. The Morgan fingerprint density at radius 1 is 1.50 bits per heavy atom. The summed E-state index contributed by atoms with van der Waals surface area (Å²) in [5, 5.41) is 30.5. The lowest BCUT2D eigenvalue weighted by molar-refractivity contribution is -0.150. The van der Waals surface area contributed by atoms with E-state index < -0.39 is 42.0 Å². The molecule has 1 rings (SSSR count). The van der Waals surface area contributed by atoms with Crippen LogP contribution in [0.5, 0.6) is 0 Å². The van der Waals surface area contributed by atoms with Gasteiger partial charge in [-0.2, -0.15) is 0 Å². The number of hydrogen-bond donors (Lipinski definition) is 4. The minimum Gasteiger partial charge on any atom is -0.455 e. The molecule has 116 valence electrons. The van der Waals surface area contributed by atoms with Crippen molar-refractivity contribution < 1.29 is 34.4 Å². The van der Waals surface area contributed by atoms with Crippen molar-refractivity contribution in [2.24, 2.45) is 0 Å². The maximum Gasteiger partial charge on any atom is 0.408 e. The summed E-state index contributed by atoms with van der Waals surface area (Å²) in [5.74, 6) is -0.937. The quantitative estimate of drug-likeness (QED) is 0.485. The molecule has 0 aromatic rings. The van der Waals surface area contributed by atoms with E-state index in [0.717, 1.165) is 0 Å². The van der Waals surface area contributed by atoms with Gasteiger partial charge in [0.1, 0.15) is 11.6 Å². The average Bonchev–Trinajstić information content (AvgIpc) is 2.55. The summed E-state index contributed by atoms with van der Waals surface area (Å²) < 4.78 is 9.82. The first-order valence-corrected chi connectivity index (χ1v) is 6.32. The van der Waals surface area contributed by atoms with Crippen LogP contribution in [0.2, 0.25) is 0 Å². The smallest absolute Gasteiger partial charge is 0.408 e. The van der Waals surface area contributed by atoms with E-state index in [0.29, 0.717) is 0 Å². The Hall–Kier alpha value is -1.38. The molecule has 1 aliphatic rings. The third-order valence-corrected chi connectivity index (χ3v) is 2.68. The highest BCUT2D eigenvalue weighted by atomic mass is 16.6. The largest absolute Gasteiger partial charge is 0.455 e. The zero-order valence-corrected chi connectivity index (χ0v) is 11.7. The lowest BCUT2D eigenvalue weighted by Gasteiger charge is -2.26. The van der Waals surface area contributed by atoms with Crippen LogP contribution in [0, 0.1) is 0 Å². The molecule has 0 aromatic carbocycles. The topological polar surface area (TPSA) is 125 Å². The highest BCUT2D eigenvalue weighted by Crippen LogP contribution is 2.21. The Balaban J connectivity index is 2.72. The Morgan fingerprint density at radius 3 is 2.60 bits per heavy atom. The number of alkyl carbamates (subject to hydrolysis) is 1. The molecule has 1 fully saturated rings. The summed E-state index contributed by atoms with van der Waals surface area (Å²) in [6.07, 6.45) is -4.78. The van der Waals surface area contributed by atoms with Crippen LogP contribution in [0.25, 0.3) is 0 Å². The number of hydrogen-bond acceptors (Lipinski definition) is 7. The Bertz CT molecular complexity index is 365. The zero-order valence-electron chi connectivity index (χ0n) is 11.7. The van der Waals surface area contributed by atoms with Gasteiger partial charge in [-0.15, -0.1) is 0 Å². The maximum absolute atomic E-state index is 11.7. The molecule has 1 amide bonds. The van der Waals surface area contributed by atoms with Crippen LogP contribution < -0.4 is 5.32 Å². The van der Waals surface area contributed by atoms with E-state index >= 15 is 0 Å². The fourth-order valence-electron chi connectivity index (χ4n) is 1.82. The zero-order chi connectivity index (χ0) is 15.5.